The molecule has 0 spiro atoms. The summed E-state index contributed by atoms with van der Waals surface area (Å²) < 4.78 is 0. The average molecular weight is 233 g/mol. The SMILES string of the molecule is C=CCCNc1nc(C)nc(NCCC=C)n1. The molecule has 0 saturated carbocycles. The normalized spacial score (nSPS) is 9.71. The van der Waals surface area contributed by atoms with Crippen LogP contribution in [0.3, 0.4) is 0 Å². The monoisotopic (exact) mass is 233 g/mol. The lowest BCUT2D eigenvalue weighted by atomic mass is 10.4. The predicted octanol–water partition coefficient (Wildman–Crippen LogP) is 2.16. The molecule has 1 heterocycles. The molecule has 2 N–H and O–H groups in total. The summed E-state index contributed by atoms with van der Waals surface area (Å²) in [4.78, 5) is 12.7. The second kappa shape index (κ2) is 7.38. The Balaban J connectivity index is 2.58. The Morgan fingerprint density at radius 1 is 0.941 bits per heavy atom. The van der Waals surface area contributed by atoms with E-state index in [9.17, 15) is 0 Å². The van der Waals surface area contributed by atoms with E-state index in [1.807, 2.05) is 19.1 Å². The summed E-state index contributed by atoms with van der Waals surface area (Å²) in [6.07, 6.45) is 5.46. The molecule has 0 fully saturated rings. The van der Waals surface area contributed by atoms with Crippen LogP contribution in [0.4, 0.5) is 11.9 Å². The first-order valence-electron chi connectivity index (χ1n) is 5.68. The Labute approximate surface area is 102 Å². The van der Waals surface area contributed by atoms with E-state index < -0.39 is 0 Å². The molecule has 1 rings (SSSR count). The van der Waals surface area contributed by atoms with E-state index in [1.165, 1.54) is 0 Å². The molecule has 92 valence electrons. The third-order valence-corrected chi connectivity index (χ3v) is 2.01. The Morgan fingerprint density at radius 3 is 1.82 bits per heavy atom. The third-order valence-electron chi connectivity index (χ3n) is 2.01. The summed E-state index contributed by atoms with van der Waals surface area (Å²) in [5.74, 6) is 1.89. The molecule has 17 heavy (non-hydrogen) atoms. The molecule has 0 atom stereocenters. The van der Waals surface area contributed by atoms with Gasteiger partial charge in [0.1, 0.15) is 5.82 Å². The van der Waals surface area contributed by atoms with Crippen LogP contribution in [0.15, 0.2) is 25.3 Å². The van der Waals surface area contributed by atoms with Crippen LogP contribution in [0, 0.1) is 6.92 Å². The van der Waals surface area contributed by atoms with Crippen LogP contribution in [-0.2, 0) is 0 Å². The van der Waals surface area contributed by atoms with Crippen molar-refractivity contribution in [3.63, 3.8) is 0 Å². The molecule has 0 saturated heterocycles. The molecule has 0 aromatic carbocycles. The standard InChI is InChI=1S/C12H19N5/c1-4-6-8-13-11-15-10(3)16-12(17-11)14-9-7-5-2/h4-5H,1-2,6-9H2,3H3,(H2,13,14,15,16,17). The predicted molar refractivity (Wildman–Crippen MR) is 71.2 cm³/mol. The van der Waals surface area contributed by atoms with Crippen molar-refractivity contribution in [3.8, 4) is 0 Å². The van der Waals surface area contributed by atoms with Gasteiger partial charge in [0.25, 0.3) is 0 Å². The Morgan fingerprint density at radius 2 is 1.41 bits per heavy atom. The second-order valence-electron chi connectivity index (χ2n) is 3.54. The fourth-order valence-corrected chi connectivity index (χ4v) is 1.21. The van der Waals surface area contributed by atoms with Crippen LogP contribution >= 0.6 is 0 Å². The van der Waals surface area contributed by atoms with Gasteiger partial charge in [-0.05, 0) is 19.8 Å². The van der Waals surface area contributed by atoms with Gasteiger partial charge in [0.15, 0.2) is 0 Å². The molecule has 0 bridgehead atoms. The van der Waals surface area contributed by atoms with Gasteiger partial charge in [-0.25, -0.2) is 0 Å². The van der Waals surface area contributed by atoms with Crippen LogP contribution in [-0.4, -0.2) is 28.0 Å². The lowest BCUT2D eigenvalue weighted by Gasteiger charge is -2.07. The smallest absolute Gasteiger partial charge is 0.227 e. The highest BCUT2D eigenvalue weighted by Gasteiger charge is 2.01. The minimum Gasteiger partial charge on any atom is -0.354 e. The topological polar surface area (TPSA) is 62.7 Å². The quantitative estimate of drug-likeness (QED) is 0.532. The van der Waals surface area contributed by atoms with Crippen molar-refractivity contribution in [2.75, 3.05) is 23.7 Å². The number of hydrogen-bond acceptors (Lipinski definition) is 5. The van der Waals surface area contributed by atoms with E-state index in [4.69, 9.17) is 0 Å². The van der Waals surface area contributed by atoms with Crippen molar-refractivity contribution < 1.29 is 0 Å². The van der Waals surface area contributed by atoms with Crippen LogP contribution in [0.2, 0.25) is 0 Å². The summed E-state index contributed by atoms with van der Waals surface area (Å²) in [5, 5.41) is 6.25. The minimum absolute atomic E-state index is 0.598. The van der Waals surface area contributed by atoms with Gasteiger partial charge in [0.05, 0.1) is 0 Å². The van der Waals surface area contributed by atoms with Gasteiger partial charge >= 0.3 is 0 Å². The number of hydrogen-bond donors (Lipinski definition) is 2. The van der Waals surface area contributed by atoms with Crippen molar-refractivity contribution in [2.24, 2.45) is 0 Å². The van der Waals surface area contributed by atoms with Gasteiger partial charge in [0.2, 0.25) is 11.9 Å². The Bertz CT molecular complexity index is 343. The lowest BCUT2D eigenvalue weighted by molar-refractivity contribution is 0.927. The summed E-state index contributed by atoms with van der Waals surface area (Å²) in [6.45, 7) is 10.7. The molecule has 0 unspecified atom stereocenters. The van der Waals surface area contributed by atoms with Crippen LogP contribution in [0.5, 0.6) is 0 Å². The van der Waals surface area contributed by atoms with Crippen molar-refractivity contribution in [1.82, 2.24) is 15.0 Å². The molecule has 0 aliphatic rings. The van der Waals surface area contributed by atoms with Crippen LogP contribution in [0.1, 0.15) is 18.7 Å². The third kappa shape index (κ3) is 5.10. The Hall–Kier alpha value is -1.91. The molecule has 1 aromatic heterocycles. The highest BCUT2D eigenvalue weighted by molar-refractivity contribution is 5.34. The zero-order valence-electron chi connectivity index (χ0n) is 10.2. The number of anilines is 2. The van der Waals surface area contributed by atoms with Gasteiger partial charge < -0.3 is 10.6 Å². The molecule has 5 heteroatoms. The van der Waals surface area contributed by atoms with E-state index in [0.717, 1.165) is 25.9 Å². The van der Waals surface area contributed by atoms with E-state index in [-0.39, 0.29) is 0 Å². The van der Waals surface area contributed by atoms with Crippen LogP contribution in [0.25, 0.3) is 0 Å². The largest absolute Gasteiger partial charge is 0.354 e. The van der Waals surface area contributed by atoms with Gasteiger partial charge in [-0.1, -0.05) is 12.2 Å². The number of nitrogens with zero attached hydrogens (tertiary/aromatic N) is 3. The van der Waals surface area contributed by atoms with E-state index >= 15 is 0 Å². The lowest BCUT2D eigenvalue weighted by Crippen LogP contribution is -2.11. The average Bonchev–Trinajstić information content (AvgIpc) is 2.29. The van der Waals surface area contributed by atoms with E-state index in [2.05, 4.69) is 38.7 Å². The molecule has 1 aromatic rings. The van der Waals surface area contributed by atoms with Crippen molar-refractivity contribution in [2.45, 2.75) is 19.8 Å². The van der Waals surface area contributed by atoms with E-state index in [0.29, 0.717) is 17.7 Å². The second-order valence-corrected chi connectivity index (χ2v) is 3.54. The number of aromatic nitrogens is 3. The number of aryl methyl sites for hydroxylation is 1. The minimum atomic E-state index is 0.598. The van der Waals surface area contributed by atoms with Crippen molar-refractivity contribution in [1.29, 1.82) is 0 Å². The number of rotatable bonds is 8. The zero-order valence-corrected chi connectivity index (χ0v) is 10.2. The summed E-state index contributed by atoms with van der Waals surface area (Å²) >= 11 is 0. The highest BCUT2D eigenvalue weighted by Crippen LogP contribution is 2.05. The summed E-state index contributed by atoms with van der Waals surface area (Å²) in [6, 6.07) is 0. The zero-order chi connectivity index (χ0) is 12.5. The molecule has 0 amide bonds. The van der Waals surface area contributed by atoms with E-state index in [1.54, 1.807) is 0 Å². The molecule has 5 nitrogen and oxygen atoms in total. The maximum absolute atomic E-state index is 4.26. The first-order chi connectivity index (χ1) is 8.26. The summed E-state index contributed by atoms with van der Waals surface area (Å²) in [5.41, 5.74) is 0. The van der Waals surface area contributed by atoms with Crippen molar-refractivity contribution in [3.05, 3.63) is 31.1 Å². The number of nitrogens with one attached hydrogen (secondary N) is 2. The molecule has 0 radical (unpaired) electrons. The first kappa shape index (κ1) is 13.2. The van der Waals surface area contributed by atoms with Crippen LogP contribution < -0.4 is 10.6 Å². The fraction of sp³-hybridized carbons (Fsp3) is 0.417. The Kier molecular flexibility index (Phi) is 5.71. The first-order valence-corrected chi connectivity index (χ1v) is 5.68. The summed E-state index contributed by atoms with van der Waals surface area (Å²) in [7, 11) is 0. The van der Waals surface area contributed by atoms with Gasteiger partial charge in [-0.2, -0.15) is 15.0 Å². The maximum Gasteiger partial charge on any atom is 0.227 e. The molecule has 0 aliphatic heterocycles. The van der Waals surface area contributed by atoms with Gasteiger partial charge in [-0.15, -0.1) is 13.2 Å². The van der Waals surface area contributed by atoms with Gasteiger partial charge in [-0.3, -0.25) is 0 Å². The highest BCUT2D eigenvalue weighted by atomic mass is 15.2. The van der Waals surface area contributed by atoms with Crippen molar-refractivity contribution >= 4 is 11.9 Å². The maximum atomic E-state index is 4.26. The fourth-order valence-electron chi connectivity index (χ4n) is 1.21. The molecular weight excluding hydrogens is 214 g/mol. The van der Waals surface area contributed by atoms with Gasteiger partial charge in [0, 0.05) is 13.1 Å². The molecule has 0 aliphatic carbocycles. The molecular formula is C12H19N5.